The molecule has 2 aromatic rings. The molecule has 3 rings (SSSR count). The van der Waals surface area contributed by atoms with Crippen LogP contribution in [-0.4, -0.2) is 63.0 Å². The molecule has 0 spiro atoms. The number of halogens is 1. The van der Waals surface area contributed by atoms with Gasteiger partial charge in [0.05, 0.1) is 11.8 Å². The number of anilines is 1. The lowest BCUT2D eigenvalue weighted by molar-refractivity contribution is 0.0666. The summed E-state index contributed by atoms with van der Waals surface area (Å²) in [7, 11) is 0. The summed E-state index contributed by atoms with van der Waals surface area (Å²) >= 11 is 0. The largest absolute Gasteiger partial charge is 0.508 e. The van der Waals surface area contributed by atoms with Crippen molar-refractivity contribution >= 4 is 17.8 Å². The van der Waals surface area contributed by atoms with Crippen LogP contribution in [0.1, 0.15) is 10.4 Å². The van der Waals surface area contributed by atoms with Crippen LogP contribution in [0.5, 0.6) is 5.75 Å². The Morgan fingerprint density at radius 3 is 2.52 bits per heavy atom. The molecule has 1 aromatic carbocycles. The molecule has 1 saturated heterocycles. The number of benzene rings is 1. The lowest BCUT2D eigenvalue weighted by Gasteiger charge is -2.34. The van der Waals surface area contributed by atoms with E-state index in [1.165, 1.54) is 34.5 Å². The zero-order valence-corrected chi connectivity index (χ0v) is 13.2. The molecule has 2 heterocycles. The molecule has 0 atom stereocenters. The number of nitrogens with zero attached hydrogens (tertiary/aromatic N) is 4. The van der Waals surface area contributed by atoms with E-state index in [2.05, 4.69) is 15.3 Å². The summed E-state index contributed by atoms with van der Waals surface area (Å²) in [6, 6.07) is 3.00. The van der Waals surface area contributed by atoms with Crippen molar-refractivity contribution in [2.24, 2.45) is 0 Å². The molecular weight excluding hydrogens is 329 g/mol. The first-order valence-electron chi connectivity index (χ1n) is 7.64. The van der Waals surface area contributed by atoms with E-state index in [0.29, 0.717) is 18.9 Å². The molecule has 0 bridgehead atoms. The highest BCUT2D eigenvalue weighted by atomic mass is 19.1. The minimum atomic E-state index is -0.689. The minimum absolute atomic E-state index is 0.174. The normalized spacial score (nSPS) is 14.3. The molecule has 0 radical (unpaired) electrons. The predicted octanol–water partition coefficient (Wildman–Crippen LogP) is 1.31. The van der Waals surface area contributed by atoms with Crippen molar-refractivity contribution in [2.75, 3.05) is 31.5 Å². The number of nitrogens with one attached hydrogen (secondary N) is 1. The summed E-state index contributed by atoms with van der Waals surface area (Å²) < 4.78 is 13.8. The summed E-state index contributed by atoms with van der Waals surface area (Å²) in [6.07, 6.45) is 4.40. The monoisotopic (exact) mass is 345 g/mol. The van der Waals surface area contributed by atoms with Gasteiger partial charge < -0.3 is 14.9 Å². The molecule has 8 nitrogen and oxygen atoms in total. The number of phenolic OH excluding ortho intramolecular Hbond substituents is 1. The fourth-order valence-electron chi connectivity index (χ4n) is 2.51. The van der Waals surface area contributed by atoms with E-state index in [0.717, 1.165) is 12.1 Å². The SMILES string of the molecule is O=C(Nc1cnccn1)N1CCN(C(=O)c2cc(O)ccc2F)CC1. The Kier molecular flexibility index (Phi) is 4.73. The van der Waals surface area contributed by atoms with E-state index in [9.17, 15) is 19.1 Å². The lowest BCUT2D eigenvalue weighted by atomic mass is 10.1. The van der Waals surface area contributed by atoms with Crippen LogP contribution in [0.2, 0.25) is 0 Å². The summed E-state index contributed by atoms with van der Waals surface area (Å²) in [5.41, 5.74) is -0.183. The molecule has 1 aliphatic rings. The van der Waals surface area contributed by atoms with Gasteiger partial charge >= 0.3 is 6.03 Å². The van der Waals surface area contributed by atoms with Gasteiger partial charge in [0.1, 0.15) is 11.6 Å². The summed E-state index contributed by atoms with van der Waals surface area (Å²) in [5.74, 6) is -1.03. The maximum absolute atomic E-state index is 13.8. The smallest absolute Gasteiger partial charge is 0.323 e. The Balaban J connectivity index is 1.59. The van der Waals surface area contributed by atoms with E-state index in [4.69, 9.17) is 0 Å². The second-order valence-corrected chi connectivity index (χ2v) is 5.46. The number of carbonyl (C=O) groups is 2. The van der Waals surface area contributed by atoms with Crippen LogP contribution in [0.4, 0.5) is 15.0 Å². The average molecular weight is 345 g/mol. The molecule has 0 aliphatic carbocycles. The van der Waals surface area contributed by atoms with Crippen LogP contribution in [0.25, 0.3) is 0 Å². The topological polar surface area (TPSA) is 98.7 Å². The van der Waals surface area contributed by atoms with Crippen LogP contribution in [0.15, 0.2) is 36.8 Å². The summed E-state index contributed by atoms with van der Waals surface area (Å²) in [5, 5.41) is 12.1. The van der Waals surface area contributed by atoms with Crippen LogP contribution in [0, 0.1) is 5.82 Å². The van der Waals surface area contributed by atoms with Gasteiger partial charge in [0.2, 0.25) is 0 Å². The number of phenols is 1. The number of hydrogen-bond acceptors (Lipinski definition) is 5. The van der Waals surface area contributed by atoms with Crippen molar-refractivity contribution < 1.29 is 19.1 Å². The van der Waals surface area contributed by atoms with Gasteiger partial charge in [-0.25, -0.2) is 14.2 Å². The van der Waals surface area contributed by atoms with Crippen LogP contribution in [0.3, 0.4) is 0 Å². The van der Waals surface area contributed by atoms with Gasteiger partial charge in [0.25, 0.3) is 5.91 Å². The fraction of sp³-hybridized carbons (Fsp3) is 0.250. The maximum atomic E-state index is 13.8. The van der Waals surface area contributed by atoms with Crippen LogP contribution in [-0.2, 0) is 0 Å². The summed E-state index contributed by atoms with van der Waals surface area (Å²) in [4.78, 5) is 35.4. The highest BCUT2D eigenvalue weighted by molar-refractivity contribution is 5.95. The Morgan fingerprint density at radius 2 is 1.84 bits per heavy atom. The number of rotatable bonds is 2. The van der Waals surface area contributed by atoms with Crippen molar-refractivity contribution in [2.45, 2.75) is 0 Å². The number of carbonyl (C=O) groups excluding carboxylic acids is 2. The molecule has 1 aromatic heterocycles. The second-order valence-electron chi connectivity index (χ2n) is 5.46. The third-order valence-electron chi connectivity index (χ3n) is 3.83. The maximum Gasteiger partial charge on any atom is 0.323 e. The third-order valence-corrected chi connectivity index (χ3v) is 3.83. The van der Waals surface area contributed by atoms with E-state index in [1.807, 2.05) is 0 Å². The van der Waals surface area contributed by atoms with Crippen LogP contribution >= 0.6 is 0 Å². The standard InChI is InChI=1S/C16H16FN5O3/c17-13-2-1-11(23)9-12(13)15(24)21-5-7-22(8-6-21)16(25)20-14-10-18-3-4-19-14/h1-4,9-10,23H,5-8H2,(H,19,20,25). The van der Waals surface area contributed by atoms with Crippen molar-refractivity contribution in [1.29, 1.82) is 0 Å². The van der Waals surface area contributed by atoms with E-state index < -0.39 is 11.7 Å². The molecule has 25 heavy (non-hydrogen) atoms. The third kappa shape index (κ3) is 3.82. The van der Waals surface area contributed by atoms with Gasteiger partial charge in [-0.2, -0.15) is 0 Å². The first kappa shape index (κ1) is 16.6. The van der Waals surface area contributed by atoms with Gasteiger partial charge in [-0.15, -0.1) is 0 Å². The van der Waals surface area contributed by atoms with Gasteiger partial charge in [0.15, 0.2) is 5.82 Å². The number of piperazine rings is 1. The molecule has 2 N–H and O–H groups in total. The van der Waals surface area contributed by atoms with E-state index >= 15 is 0 Å². The molecule has 3 amide bonds. The Labute approximate surface area is 142 Å². The zero-order valence-electron chi connectivity index (χ0n) is 13.2. The van der Waals surface area contributed by atoms with Crippen molar-refractivity contribution in [1.82, 2.24) is 19.8 Å². The summed E-state index contributed by atoms with van der Waals surface area (Å²) in [6.45, 7) is 1.14. The van der Waals surface area contributed by atoms with Crippen molar-refractivity contribution in [3.8, 4) is 5.75 Å². The van der Waals surface area contributed by atoms with Crippen molar-refractivity contribution in [3.05, 3.63) is 48.2 Å². The first-order chi connectivity index (χ1) is 12.0. The van der Waals surface area contributed by atoms with Crippen LogP contribution < -0.4 is 5.32 Å². The molecular formula is C16H16FN5O3. The van der Waals surface area contributed by atoms with Crippen molar-refractivity contribution in [3.63, 3.8) is 0 Å². The second kappa shape index (κ2) is 7.12. The average Bonchev–Trinajstić information content (AvgIpc) is 2.64. The number of hydrogen-bond donors (Lipinski definition) is 2. The number of aromatic hydroxyl groups is 1. The quantitative estimate of drug-likeness (QED) is 0.855. The van der Waals surface area contributed by atoms with E-state index in [-0.39, 0.29) is 30.4 Å². The van der Waals surface area contributed by atoms with Gasteiger partial charge in [-0.05, 0) is 18.2 Å². The molecule has 130 valence electrons. The van der Waals surface area contributed by atoms with Gasteiger partial charge in [-0.3, -0.25) is 15.1 Å². The first-order valence-corrected chi connectivity index (χ1v) is 7.64. The molecule has 1 aliphatic heterocycles. The Bertz CT molecular complexity index is 779. The Hall–Kier alpha value is -3.23. The number of aromatic nitrogens is 2. The lowest BCUT2D eigenvalue weighted by Crippen LogP contribution is -2.51. The molecule has 1 fully saturated rings. The molecule has 9 heteroatoms. The highest BCUT2D eigenvalue weighted by Gasteiger charge is 2.26. The zero-order chi connectivity index (χ0) is 17.8. The Morgan fingerprint density at radius 1 is 1.12 bits per heavy atom. The molecule has 0 saturated carbocycles. The fourth-order valence-corrected chi connectivity index (χ4v) is 2.51. The minimum Gasteiger partial charge on any atom is -0.508 e. The predicted molar refractivity (Wildman–Crippen MR) is 86.6 cm³/mol. The number of amides is 3. The highest BCUT2D eigenvalue weighted by Crippen LogP contribution is 2.18. The van der Waals surface area contributed by atoms with E-state index in [1.54, 1.807) is 0 Å². The molecule has 0 unspecified atom stereocenters. The number of urea groups is 1. The van der Waals surface area contributed by atoms with Gasteiger partial charge in [-0.1, -0.05) is 0 Å². The van der Waals surface area contributed by atoms with Gasteiger partial charge in [0, 0.05) is 38.6 Å².